The van der Waals surface area contributed by atoms with Gasteiger partial charge in [0.25, 0.3) is 0 Å². The number of amides is 1. The topological polar surface area (TPSA) is 46.1 Å². The van der Waals surface area contributed by atoms with Gasteiger partial charge >= 0.3 is 0 Å². The van der Waals surface area contributed by atoms with E-state index in [0.29, 0.717) is 6.42 Å². The molecule has 1 fully saturated rings. The molecule has 0 bridgehead atoms. The number of carbonyl (C=O) groups excluding carboxylic acids is 1. The molecule has 3 rings (SSSR count). The van der Waals surface area contributed by atoms with Gasteiger partial charge < -0.3 is 4.90 Å². The highest BCUT2D eigenvalue weighted by Crippen LogP contribution is 2.15. The summed E-state index contributed by atoms with van der Waals surface area (Å²) in [6.07, 6.45) is 6.32. The number of carbonyl (C=O) groups is 1. The second kappa shape index (κ2) is 6.80. The van der Waals surface area contributed by atoms with Gasteiger partial charge in [-0.25, -0.2) is 4.98 Å². The zero-order valence-electron chi connectivity index (χ0n) is 12.0. The Morgan fingerprint density at radius 3 is 2.81 bits per heavy atom. The summed E-state index contributed by atoms with van der Waals surface area (Å²) in [5.41, 5.74) is 2.00. The van der Waals surface area contributed by atoms with E-state index < -0.39 is 0 Å². The summed E-state index contributed by atoms with van der Waals surface area (Å²) in [4.78, 5) is 22.9. The molecule has 110 valence electrons. The number of hydrogen-bond donors (Lipinski definition) is 0. The van der Waals surface area contributed by atoms with Gasteiger partial charge in [0.15, 0.2) is 0 Å². The first kappa shape index (κ1) is 14.2. The molecule has 0 radical (unpaired) electrons. The average Bonchev–Trinajstić information content (AvgIpc) is 3.18. The van der Waals surface area contributed by atoms with Gasteiger partial charge in [-0.3, -0.25) is 9.78 Å². The Kier molecular flexibility index (Phi) is 4.60. The molecule has 3 heterocycles. The van der Waals surface area contributed by atoms with E-state index in [0.717, 1.165) is 55.2 Å². The number of likely N-dealkylation sites (tertiary alicyclic amines) is 1. The summed E-state index contributed by atoms with van der Waals surface area (Å²) in [6.45, 7) is 1.82. The van der Waals surface area contributed by atoms with E-state index in [1.165, 1.54) is 0 Å². The van der Waals surface area contributed by atoms with Gasteiger partial charge in [0.1, 0.15) is 0 Å². The SMILES string of the molecule is O=C(Cc1csc(CCc2ccccn2)n1)N1CCCC1. The molecule has 0 aliphatic carbocycles. The van der Waals surface area contributed by atoms with E-state index in [9.17, 15) is 4.79 Å². The Balaban J connectivity index is 1.52. The van der Waals surface area contributed by atoms with E-state index in [-0.39, 0.29) is 5.91 Å². The number of nitrogens with zero attached hydrogens (tertiary/aromatic N) is 3. The normalized spacial score (nSPS) is 14.6. The number of aromatic nitrogens is 2. The maximum absolute atomic E-state index is 12.1. The van der Waals surface area contributed by atoms with Gasteiger partial charge in [0.2, 0.25) is 5.91 Å². The zero-order valence-corrected chi connectivity index (χ0v) is 12.8. The fourth-order valence-electron chi connectivity index (χ4n) is 2.56. The van der Waals surface area contributed by atoms with Crippen LogP contribution >= 0.6 is 11.3 Å². The van der Waals surface area contributed by atoms with Crippen LogP contribution in [0.1, 0.15) is 29.2 Å². The summed E-state index contributed by atoms with van der Waals surface area (Å²) < 4.78 is 0. The predicted octanol–water partition coefficient (Wildman–Crippen LogP) is 2.49. The standard InChI is InChI=1S/C16H19N3OS/c20-16(19-9-3-4-10-19)11-14-12-21-15(18-14)7-6-13-5-1-2-8-17-13/h1-2,5,8,12H,3-4,6-7,9-11H2. The third-order valence-electron chi connectivity index (χ3n) is 3.71. The van der Waals surface area contributed by atoms with Gasteiger partial charge in [-0.1, -0.05) is 6.07 Å². The summed E-state index contributed by atoms with van der Waals surface area (Å²) in [5.74, 6) is 0.217. The molecule has 1 aliphatic rings. The fraction of sp³-hybridized carbons (Fsp3) is 0.438. The van der Waals surface area contributed by atoms with Gasteiger partial charge in [-0.05, 0) is 31.4 Å². The molecule has 2 aromatic rings. The lowest BCUT2D eigenvalue weighted by Crippen LogP contribution is -2.29. The van der Waals surface area contributed by atoms with Crippen molar-refractivity contribution in [1.82, 2.24) is 14.9 Å². The molecule has 4 nitrogen and oxygen atoms in total. The van der Waals surface area contributed by atoms with Crippen LogP contribution in [0.5, 0.6) is 0 Å². The van der Waals surface area contributed by atoms with Gasteiger partial charge in [0, 0.05) is 36.8 Å². The molecule has 0 unspecified atom stereocenters. The van der Waals surface area contributed by atoms with E-state index in [4.69, 9.17) is 0 Å². The van der Waals surface area contributed by atoms with Crippen molar-refractivity contribution in [3.05, 3.63) is 46.2 Å². The van der Waals surface area contributed by atoms with E-state index in [2.05, 4.69) is 9.97 Å². The summed E-state index contributed by atoms with van der Waals surface area (Å²) >= 11 is 1.64. The van der Waals surface area contributed by atoms with Crippen LogP contribution in [-0.2, 0) is 24.1 Å². The van der Waals surface area contributed by atoms with Gasteiger partial charge in [-0.15, -0.1) is 11.3 Å². The van der Waals surface area contributed by atoms with Crippen molar-refractivity contribution in [1.29, 1.82) is 0 Å². The third kappa shape index (κ3) is 3.88. The van der Waals surface area contributed by atoms with E-state index >= 15 is 0 Å². The van der Waals surface area contributed by atoms with Crippen molar-refractivity contribution in [3.63, 3.8) is 0 Å². The quantitative estimate of drug-likeness (QED) is 0.852. The highest BCUT2D eigenvalue weighted by Gasteiger charge is 2.18. The summed E-state index contributed by atoms with van der Waals surface area (Å²) in [5, 5.41) is 3.10. The minimum atomic E-state index is 0.217. The smallest absolute Gasteiger partial charge is 0.228 e. The molecule has 1 amide bonds. The largest absolute Gasteiger partial charge is 0.342 e. The minimum Gasteiger partial charge on any atom is -0.342 e. The van der Waals surface area contributed by atoms with Crippen molar-refractivity contribution >= 4 is 17.2 Å². The Morgan fingerprint density at radius 2 is 2.05 bits per heavy atom. The molecule has 5 heteroatoms. The Hall–Kier alpha value is -1.75. The molecule has 0 aromatic carbocycles. The maximum Gasteiger partial charge on any atom is 0.228 e. The molecule has 0 spiro atoms. The van der Waals surface area contributed by atoms with Crippen molar-refractivity contribution < 1.29 is 4.79 Å². The van der Waals surface area contributed by atoms with Crippen LogP contribution in [0.4, 0.5) is 0 Å². The number of hydrogen-bond acceptors (Lipinski definition) is 4. The van der Waals surface area contributed by atoms with Crippen molar-refractivity contribution in [2.75, 3.05) is 13.1 Å². The van der Waals surface area contributed by atoms with Crippen LogP contribution in [0.2, 0.25) is 0 Å². The minimum absolute atomic E-state index is 0.217. The lowest BCUT2D eigenvalue weighted by atomic mass is 10.2. The molecule has 1 saturated heterocycles. The Bertz CT molecular complexity index is 591. The van der Waals surface area contributed by atoms with Gasteiger partial charge in [0.05, 0.1) is 17.1 Å². The second-order valence-electron chi connectivity index (χ2n) is 5.32. The first-order valence-corrected chi connectivity index (χ1v) is 8.30. The molecule has 0 atom stereocenters. The molecular weight excluding hydrogens is 282 g/mol. The fourth-order valence-corrected chi connectivity index (χ4v) is 3.36. The average molecular weight is 301 g/mol. The van der Waals surface area contributed by atoms with Crippen LogP contribution in [0.25, 0.3) is 0 Å². The predicted molar refractivity (Wildman–Crippen MR) is 83.3 cm³/mol. The third-order valence-corrected chi connectivity index (χ3v) is 4.67. The second-order valence-corrected chi connectivity index (χ2v) is 6.26. The number of pyridine rings is 1. The molecule has 1 aliphatic heterocycles. The molecule has 21 heavy (non-hydrogen) atoms. The first-order valence-electron chi connectivity index (χ1n) is 7.42. The monoisotopic (exact) mass is 301 g/mol. The molecule has 0 N–H and O–H groups in total. The lowest BCUT2D eigenvalue weighted by molar-refractivity contribution is -0.129. The highest BCUT2D eigenvalue weighted by atomic mass is 32.1. The maximum atomic E-state index is 12.1. The van der Waals surface area contributed by atoms with Crippen molar-refractivity contribution in [2.24, 2.45) is 0 Å². The molecular formula is C16H19N3OS. The number of thiazole rings is 1. The first-order chi connectivity index (χ1) is 10.3. The number of rotatable bonds is 5. The number of aryl methyl sites for hydroxylation is 2. The van der Waals surface area contributed by atoms with Crippen molar-refractivity contribution in [2.45, 2.75) is 32.1 Å². The molecule has 2 aromatic heterocycles. The Labute approximate surface area is 128 Å². The molecule has 0 saturated carbocycles. The summed E-state index contributed by atoms with van der Waals surface area (Å²) in [7, 11) is 0. The van der Waals surface area contributed by atoms with Crippen LogP contribution in [0.3, 0.4) is 0 Å². The van der Waals surface area contributed by atoms with Crippen LogP contribution in [-0.4, -0.2) is 33.9 Å². The van der Waals surface area contributed by atoms with Crippen LogP contribution in [0.15, 0.2) is 29.8 Å². The van der Waals surface area contributed by atoms with E-state index in [1.807, 2.05) is 34.7 Å². The zero-order chi connectivity index (χ0) is 14.5. The lowest BCUT2D eigenvalue weighted by Gasteiger charge is -2.13. The highest BCUT2D eigenvalue weighted by molar-refractivity contribution is 7.09. The Morgan fingerprint density at radius 1 is 1.19 bits per heavy atom. The van der Waals surface area contributed by atoms with Crippen LogP contribution in [0, 0.1) is 0 Å². The van der Waals surface area contributed by atoms with Gasteiger partial charge in [-0.2, -0.15) is 0 Å². The summed E-state index contributed by atoms with van der Waals surface area (Å²) in [6, 6.07) is 5.96. The van der Waals surface area contributed by atoms with Crippen LogP contribution < -0.4 is 0 Å². The van der Waals surface area contributed by atoms with E-state index in [1.54, 1.807) is 11.3 Å². The van der Waals surface area contributed by atoms with Crippen molar-refractivity contribution in [3.8, 4) is 0 Å².